The SMILES string of the molecule is CC.CC(C)(C)N1CCC(c2ccccc2F)C1.Cc1cc(C2CCN(C=O)CC2)n(-c2ccc(Cl)c(Cl)c2)n1. The summed E-state index contributed by atoms with van der Waals surface area (Å²) in [4.78, 5) is 15.1. The van der Waals surface area contributed by atoms with E-state index in [1.54, 1.807) is 18.2 Å². The van der Waals surface area contributed by atoms with Crippen molar-refractivity contribution in [2.45, 2.75) is 78.2 Å². The lowest BCUT2D eigenvalue weighted by molar-refractivity contribution is -0.119. The quantitative estimate of drug-likeness (QED) is 0.288. The first-order chi connectivity index (χ1) is 19.1. The van der Waals surface area contributed by atoms with Crippen LogP contribution >= 0.6 is 23.2 Å². The van der Waals surface area contributed by atoms with Gasteiger partial charge in [0.1, 0.15) is 5.82 Å². The van der Waals surface area contributed by atoms with E-state index in [0.717, 1.165) is 68.8 Å². The largest absolute Gasteiger partial charge is 0.345 e. The van der Waals surface area contributed by atoms with Crippen molar-refractivity contribution in [3.05, 3.63) is 81.3 Å². The molecule has 2 aliphatic rings. The maximum Gasteiger partial charge on any atom is 0.209 e. The Hall–Kier alpha value is -2.41. The summed E-state index contributed by atoms with van der Waals surface area (Å²) < 4.78 is 15.6. The molecule has 1 amide bonds. The highest BCUT2D eigenvalue weighted by Gasteiger charge is 2.31. The molecule has 0 radical (unpaired) electrons. The smallest absolute Gasteiger partial charge is 0.209 e. The summed E-state index contributed by atoms with van der Waals surface area (Å²) in [7, 11) is 0. The van der Waals surface area contributed by atoms with Crippen molar-refractivity contribution >= 4 is 29.6 Å². The molecule has 218 valence electrons. The number of aryl methyl sites for hydroxylation is 1. The first-order valence-corrected chi connectivity index (χ1v) is 15.0. The van der Waals surface area contributed by atoms with Crippen molar-refractivity contribution < 1.29 is 9.18 Å². The topological polar surface area (TPSA) is 41.4 Å². The van der Waals surface area contributed by atoms with Crippen LogP contribution in [-0.2, 0) is 4.79 Å². The van der Waals surface area contributed by atoms with Crippen LogP contribution in [0.4, 0.5) is 4.39 Å². The highest BCUT2D eigenvalue weighted by Crippen LogP contribution is 2.33. The Morgan fingerprint density at radius 1 is 0.925 bits per heavy atom. The summed E-state index contributed by atoms with van der Waals surface area (Å²) in [5, 5.41) is 5.66. The zero-order valence-electron chi connectivity index (χ0n) is 24.6. The molecule has 3 heterocycles. The normalized spacial score (nSPS) is 18.0. The minimum absolute atomic E-state index is 0.0525. The first kappa shape index (κ1) is 32.1. The highest BCUT2D eigenvalue weighted by molar-refractivity contribution is 6.42. The lowest BCUT2D eigenvalue weighted by atomic mass is 9.93. The Bertz CT molecular complexity index is 1250. The molecule has 1 unspecified atom stereocenters. The van der Waals surface area contributed by atoms with Crippen LogP contribution in [-0.4, -0.2) is 57.7 Å². The molecule has 5 rings (SSSR count). The Kier molecular flexibility index (Phi) is 11.6. The second-order valence-electron chi connectivity index (χ2n) is 11.3. The number of nitrogens with zero attached hydrogens (tertiary/aromatic N) is 4. The van der Waals surface area contributed by atoms with Crippen LogP contribution < -0.4 is 0 Å². The number of amides is 1. The van der Waals surface area contributed by atoms with Gasteiger partial charge in [0.25, 0.3) is 0 Å². The molecule has 8 heteroatoms. The lowest BCUT2D eigenvalue weighted by Crippen LogP contribution is -2.39. The third-order valence-corrected chi connectivity index (χ3v) is 8.32. The van der Waals surface area contributed by atoms with E-state index in [-0.39, 0.29) is 11.4 Å². The van der Waals surface area contributed by atoms with Gasteiger partial charge in [0.2, 0.25) is 6.41 Å². The van der Waals surface area contributed by atoms with Gasteiger partial charge in [0.05, 0.1) is 21.4 Å². The fourth-order valence-electron chi connectivity index (χ4n) is 5.36. The number of rotatable bonds is 4. The summed E-state index contributed by atoms with van der Waals surface area (Å²) in [6.07, 6.45) is 3.90. The van der Waals surface area contributed by atoms with Crippen molar-refractivity contribution in [3.8, 4) is 5.69 Å². The number of hydrogen-bond acceptors (Lipinski definition) is 3. The van der Waals surface area contributed by atoms with Gasteiger partial charge in [0, 0.05) is 42.7 Å². The minimum atomic E-state index is -0.0525. The van der Waals surface area contributed by atoms with E-state index in [0.29, 0.717) is 21.9 Å². The molecule has 3 aromatic rings. The molecular formula is C32H43Cl2FN4O. The molecule has 2 aliphatic heterocycles. The van der Waals surface area contributed by atoms with Crippen LogP contribution in [0.25, 0.3) is 5.69 Å². The molecule has 1 aromatic heterocycles. The Morgan fingerprint density at radius 3 is 2.15 bits per heavy atom. The average Bonchev–Trinajstić information content (AvgIpc) is 3.60. The lowest BCUT2D eigenvalue weighted by Gasteiger charge is -2.31. The molecule has 1 atom stereocenters. The van der Waals surface area contributed by atoms with Crippen LogP contribution in [0.3, 0.4) is 0 Å². The predicted octanol–water partition coefficient (Wildman–Crippen LogP) is 8.26. The Labute approximate surface area is 249 Å². The average molecular weight is 590 g/mol. The third-order valence-electron chi connectivity index (χ3n) is 7.59. The van der Waals surface area contributed by atoms with Crippen molar-refractivity contribution in [1.82, 2.24) is 19.6 Å². The number of hydrogen-bond donors (Lipinski definition) is 0. The molecule has 0 saturated carbocycles. The third kappa shape index (κ3) is 8.08. The summed E-state index contributed by atoms with van der Waals surface area (Å²) >= 11 is 12.1. The fourth-order valence-corrected chi connectivity index (χ4v) is 5.66. The van der Waals surface area contributed by atoms with Crippen molar-refractivity contribution in [1.29, 1.82) is 0 Å². The molecule has 5 nitrogen and oxygen atoms in total. The number of carbonyl (C=O) groups is 1. The van der Waals surface area contributed by atoms with Gasteiger partial charge in [-0.2, -0.15) is 5.10 Å². The van der Waals surface area contributed by atoms with E-state index < -0.39 is 0 Å². The monoisotopic (exact) mass is 588 g/mol. The fraction of sp³-hybridized carbons (Fsp3) is 0.500. The van der Waals surface area contributed by atoms with Crippen LogP contribution in [0.1, 0.15) is 82.7 Å². The second kappa shape index (κ2) is 14.5. The van der Waals surface area contributed by atoms with Gasteiger partial charge in [0.15, 0.2) is 0 Å². The second-order valence-corrected chi connectivity index (χ2v) is 12.1. The van der Waals surface area contributed by atoms with E-state index in [2.05, 4.69) is 36.8 Å². The molecule has 2 saturated heterocycles. The molecule has 0 bridgehead atoms. The molecule has 2 fully saturated rings. The van der Waals surface area contributed by atoms with Gasteiger partial charge in [-0.05, 0) is 89.4 Å². The maximum absolute atomic E-state index is 13.6. The van der Waals surface area contributed by atoms with Gasteiger partial charge in [-0.15, -0.1) is 0 Å². The minimum Gasteiger partial charge on any atom is -0.345 e. The van der Waals surface area contributed by atoms with E-state index in [1.807, 2.05) is 54.6 Å². The Balaban J connectivity index is 0.000000217. The zero-order chi connectivity index (χ0) is 29.4. The highest BCUT2D eigenvalue weighted by atomic mass is 35.5. The summed E-state index contributed by atoms with van der Waals surface area (Å²) in [5.41, 5.74) is 4.13. The van der Waals surface area contributed by atoms with Gasteiger partial charge in [-0.3, -0.25) is 9.69 Å². The van der Waals surface area contributed by atoms with Crippen LogP contribution in [0.5, 0.6) is 0 Å². The van der Waals surface area contributed by atoms with E-state index in [9.17, 15) is 9.18 Å². The number of halogens is 3. The number of aromatic nitrogens is 2. The van der Waals surface area contributed by atoms with Crippen molar-refractivity contribution in [2.75, 3.05) is 26.2 Å². The predicted molar refractivity (Wildman–Crippen MR) is 164 cm³/mol. The van der Waals surface area contributed by atoms with Gasteiger partial charge in [-0.1, -0.05) is 55.2 Å². The number of carbonyl (C=O) groups excluding carboxylic acids is 1. The van der Waals surface area contributed by atoms with Gasteiger partial charge < -0.3 is 4.90 Å². The van der Waals surface area contributed by atoms with Crippen molar-refractivity contribution in [2.24, 2.45) is 0 Å². The summed E-state index contributed by atoms with van der Waals surface area (Å²) in [5.74, 6) is 0.704. The molecular weight excluding hydrogens is 546 g/mol. The van der Waals surface area contributed by atoms with E-state index in [4.69, 9.17) is 23.2 Å². The van der Waals surface area contributed by atoms with Gasteiger partial charge in [-0.25, -0.2) is 9.07 Å². The molecule has 0 spiro atoms. The Morgan fingerprint density at radius 2 is 1.57 bits per heavy atom. The molecule has 2 aromatic carbocycles. The number of benzene rings is 2. The number of piperidine rings is 1. The van der Waals surface area contributed by atoms with Crippen LogP contribution in [0.2, 0.25) is 10.0 Å². The number of likely N-dealkylation sites (tertiary alicyclic amines) is 2. The maximum atomic E-state index is 13.6. The molecule has 0 N–H and O–H groups in total. The van der Waals surface area contributed by atoms with E-state index in [1.165, 1.54) is 5.69 Å². The van der Waals surface area contributed by atoms with E-state index >= 15 is 0 Å². The summed E-state index contributed by atoms with van der Waals surface area (Å²) in [6, 6.07) is 14.8. The van der Waals surface area contributed by atoms with Crippen LogP contribution in [0.15, 0.2) is 48.5 Å². The van der Waals surface area contributed by atoms with Crippen LogP contribution in [0, 0.1) is 12.7 Å². The first-order valence-electron chi connectivity index (χ1n) is 14.3. The molecule has 0 aliphatic carbocycles. The summed E-state index contributed by atoms with van der Waals surface area (Å²) in [6.45, 7) is 16.3. The van der Waals surface area contributed by atoms with Crippen molar-refractivity contribution in [3.63, 3.8) is 0 Å². The zero-order valence-corrected chi connectivity index (χ0v) is 26.1. The van der Waals surface area contributed by atoms with Gasteiger partial charge >= 0.3 is 0 Å². The standard InChI is InChI=1S/C16H17Cl2N3O.C14H20FN.C2H6/c1-11-8-16(12-4-6-20(10-22)7-5-12)21(19-11)13-2-3-14(17)15(18)9-13;1-14(2,3)16-9-8-11(10-16)12-6-4-5-7-13(12)15;1-2/h2-3,8-10,12H,4-7H2,1H3;4-7,11H,8-10H2,1-3H3;1-2H3. The molecule has 40 heavy (non-hydrogen) atoms.